The average Bonchev–Trinajstić information content (AvgIpc) is 2.73. The molecule has 0 radical (unpaired) electrons. The lowest BCUT2D eigenvalue weighted by atomic mass is 9.92. The maximum absolute atomic E-state index is 4.49. The molecule has 1 saturated carbocycles. The summed E-state index contributed by atoms with van der Waals surface area (Å²) in [6.07, 6.45) is 7.54. The highest BCUT2D eigenvalue weighted by atomic mass is 15.1. The Kier molecular flexibility index (Phi) is 4.84. The minimum absolute atomic E-state index is 0.458. The Balaban J connectivity index is 2.16. The fraction of sp³-hybridized carbons (Fsp3) is 0.750. The Hall–Kier alpha value is -1.32. The van der Waals surface area contributed by atoms with Crippen LogP contribution in [0.1, 0.15) is 58.9 Å². The average molecular weight is 276 g/mol. The standard InChI is InChI=1S/C16H28N4/c1-5-7-13-14(17-6-2)18-11-19-15(13)20-12-8-9-16(3,4)10-12/h11-12H,5-10H2,1-4H3,(H2,17,18,19,20). The summed E-state index contributed by atoms with van der Waals surface area (Å²) in [6.45, 7) is 9.90. The largest absolute Gasteiger partial charge is 0.370 e. The lowest BCUT2D eigenvalue weighted by Gasteiger charge is -2.20. The number of hydrogen-bond acceptors (Lipinski definition) is 4. The molecular weight excluding hydrogens is 248 g/mol. The first-order valence-electron chi connectivity index (χ1n) is 7.90. The maximum Gasteiger partial charge on any atom is 0.134 e. The molecule has 1 fully saturated rings. The number of nitrogens with one attached hydrogen (secondary N) is 2. The van der Waals surface area contributed by atoms with Crippen molar-refractivity contribution in [2.24, 2.45) is 5.41 Å². The second-order valence-corrected chi connectivity index (χ2v) is 6.58. The summed E-state index contributed by atoms with van der Waals surface area (Å²) in [5.41, 5.74) is 1.70. The summed E-state index contributed by atoms with van der Waals surface area (Å²) < 4.78 is 0. The second-order valence-electron chi connectivity index (χ2n) is 6.58. The van der Waals surface area contributed by atoms with E-state index in [4.69, 9.17) is 0 Å². The van der Waals surface area contributed by atoms with Crippen LogP contribution < -0.4 is 10.6 Å². The van der Waals surface area contributed by atoms with E-state index in [1.165, 1.54) is 24.8 Å². The highest BCUT2D eigenvalue weighted by Gasteiger charge is 2.31. The van der Waals surface area contributed by atoms with Gasteiger partial charge in [0.2, 0.25) is 0 Å². The molecule has 0 spiro atoms. The van der Waals surface area contributed by atoms with Gasteiger partial charge in [0, 0.05) is 18.2 Å². The number of nitrogens with zero attached hydrogens (tertiary/aromatic N) is 2. The van der Waals surface area contributed by atoms with Crippen molar-refractivity contribution in [3.63, 3.8) is 0 Å². The molecule has 20 heavy (non-hydrogen) atoms. The summed E-state index contributed by atoms with van der Waals surface area (Å²) in [5, 5.41) is 7.01. The van der Waals surface area contributed by atoms with Gasteiger partial charge in [-0.2, -0.15) is 0 Å². The lowest BCUT2D eigenvalue weighted by molar-refractivity contribution is 0.378. The van der Waals surface area contributed by atoms with Crippen molar-refractivity contribution >= 4 is 11.6 Å². The van der Waals surface area contributed by atoms with Crippen LogP contribution in [-0.2, 0) is 6.42 Å². The van der Waals surface area contributed by atoms with Crippen molar-refractivity contribution in [1.29, 1.82) is 0 Å². The third-order valence-electron chi connectivity index (χ3n) is 4.10. The van der Waals surface area contributed by atoms with E-state index in [0.717, 1.165) is 31.0 Å². The van der Waals surface area contributed by atoms with E-state index in [0.29, 0.717) is 11.5 Å². The van der Waals surface area contributed by atoms with E-state index in [1.54, 1.807) is 6.33 Å². The molecule has 112 valence electrons. The number of aromatic nitrogens is 2. The second kappa shape index (κ2) is 6.42. The van der Waals surface area contributed by atoms with Crippen LogP contribution in [0, 0.1) is 5.41 Å². The van der Waals surface area contributed by atoms with E-state index in [-0.39, 0.29) is 0 Å². The maximum atomic E-state index is 4.49. The molecule has 1 atom stereocenters. The van der Waals surface area contributed by atoms with Gasteiger partial charge < -0.3 is 10.6 Å². The highest BCUT2D eigenvalue weighted by Crippen LogP contribution is 2.38. The predicted molar refractivity (Wildman–Crippen MR) is 85.2 cm³/mol. The van der Waals surface area contributed by atoms with E-state index >= 15 is 0 Å². The van der Waals surface area contributed by atoms with E-state index < -0.39 is 0 Å². The van der Waals surface area contributed by atoms with Gasteiger partial charge in [0.25, 0.3) is 0 Å². The molecule has 2 rings (SSSR count). The normalized spacial score (nSPS) is 20.9. The van der Waals surface area contributed by atoms with Crippen LogP contribution in [0.4, 0.5) is 11.6 Å². The summed E-state index contributed by atoms with van der Waals surface area (Å²) >= 11 is 0. The van der Waals surface area contributed by atoms with Gasteiger partial charge >= 0.3 is 0 Å². The zero-order valence-corrected chi connectivity index (χ0v) is 13.3. The van der Waals surface area contributed by atoms with Crippen molar-refractivity contribution in [3.05, 3.63) is 11.9 Å². The monoisotopic (exact) mass is 276 g/mol. The van der Waals surface area contributed by atoms with Crippen molar-refractivity contribution in [1.82, 2.24) is 9.97 Å². The van der Waals surface area contributed by atoms with Crippen LogP contribution in [0.25, 0.3) is 0 Å². The molecule has 1 heterocycles. The fourth-order valence-electron chi connectivity index (χ4n) is 3.10. The van der Waals surface area contributed by atoms with E-state index in [1.807, 2.05) is 0 Å². The van der Waals surface area contributed by atoms with Crippen LogP contribution in [0.5, 0.6) is 0 Å². The molecule has 1 aliphatic carbocycles. The SMILES string of the molecule is CCCc1c(NCC)ncnc1NC1CCC(C)(C)C1. The minimum Gasteiger partial charge on any atom is -0.370 e. The molecule has 1 aromatic rings. The summed E-state index contributed by atoms with van der Waals surface area (Å²) in [5.74, 6) is 2.02. The van der Waals surface area contributed by atoms with Gasteiger partial charge in [-0.15, -0.1) is 0 Å². The predicted octanol–water partition coefficient (Wildman–Crippen LogP) is 3.85. The topological polar surface area (TPSA) is 49.8 Å². The first-order valence-corrected chi connectivity index (χ1v) is 7.90. The van der Waals surface area contributed by atoms with Crippen LogP contribution in [-0.4, -0.2) is 22.6 Å². The van der Waals surface area contributed by atoms with Crippen LogP contribution >= 0.6 is 0 Å². The summed E-state index contributed by atoms with van der Waals surface area (Å²) in [4.78, 5) is 8.88. The molecule has 0 amide bonds. The van der Waals surface area contributed by atoms with Gasteiger partial charge in [-0.05, 0) is 38.0 Å². The van der Waals surface area contributed by atoms with Gasteiger partial charge in [-0.25, -0.2) is 9.97 Å². The first kappa shape index (κ1) is 15.1. The molecule has 1 aromatic heterocycles. The Bertz CT molecular complexity index is 442. The Morgan fingerprint density at radius 1 is 1.25 bits per heavy atom. The Morgan fingerprint density at radius 3 is 2.60 bits per heavy atom. The minimum atomic E-state index is 0.458. The highest BCUT2D eigenvalue weighted by molar-refractivity contribution is 5.57. The zero-order chi connectivity index (χ0) is 14.6. The van der Waals surface area contributed by atoms with Crippen LogP contribution in [0.2, 0.25) is 0 Å². The molecule has 2 N–H and O–H groups in total. The Labute approximate surface area is 122 Å². The first-order chi connectivity index (χ1) is 9.55. The zero-order valence-electron chi connectivity index (χ0n) is 13.3. The van der Waals surface area contributed by atoms with Crippen LogP contribution in [0.15, 0.2) is 6.33 Å². The molecule has 4 nitrogen and oxygen atoms in total. The van der Waals surface area contributed by atoms with Crippen molar-refractivity contribution in [3.8, 4) is 0 Å². The van der Waals surface area contributed by atoms with Gasteiger partial charge in [0.1, 0.15) is 18.0 Å². The molecule has 1 unspecified atom stereocenters. The molecule has 0 aliphatic heterocycles. The van der Waals surface area contributed by atoms with Crippen LogP contribution in [0.3, 0.4) is 0 Å². The Morgan fingerprint density at radius 2 is 2.00 bits per heavy atom. The number of hydrogen-bond donors (Lipinski definition) is 2. The van der Waals surface area contributed by atoms with Gasteiger partial charge in [-0.3, -0.25) is 0 Å². The molecule has 4 heteroatoms. The third kappa shape index (κ3) is 3.62. The van der Waals surface area contributed by atoms with Crippen molar-refractivity contribution in [2.45, 2.75) is 65.8 Å². The lowest BCUT2D eigenvalue weighted by Crippen LogP contribution is -2.20. The molecule has 0 aromatic carbocycles. The van der Waals surface area contributed by atoms with E-state index in [2.05, 4.69) is 48.3 Å². The number of anilines is 2. The number of rotatable bonds is 6. The molecule has 0 saturated heterocycles. The van der Waals surface area contributed by atoms with E-state index in [9.17, 15) is 0 Å². The van der Waals surface area contributed by atoms with Gasteiger partial charge in [0.05, 0.1) is 0 Å². The van der Waals surface area contributed by atoms with Gasteiger partial charge in [-0.1, -0.05) is 27.2 Å². The summed E-state index contributed by atoms with van der Waals surface area (Å²) in [7, 11) is 0. The molecular formula is C16H28N4. The fourth-order valence-corrected chi connectivity index (χ4v) is 3.10. The smallest absolute Gasteiger partial charge is 0.134 e. The molecule has 1 aliphatic rings. The summed E-state index contributed by atoms with van der Waals surface area (Å²) in [6, 6.07) is 0.546. The quantitative estimate of drug-likeness (QED) is 0.828. The van der Waals surface area contributed by atoms with Crippen molar-refractivity contribution in [2.75, 3.05) is 17.2 Å². The van der Waals surface area contributed by atoms with Crippen molar-refractivity contribution < 1.29 is 0 Å². The van der Waals surface area contributed by atoms with Gasteiger partial charge in [0.15, 0.2) is 0 Å². The molecule has 0 bridgehead atoms. The third-order valence-corrected chi connectivity index (χ3v) is 4.10.